The van der Waals surface area contributed by atoms with Crippen molar-refractivity contribution >= 4 is 11.7 Å². The van der Waals surface area contributed by atoms with E-state index < -0.39 is 0 Å². The second-order valence-corrected chi connectivity index (χ2v) is 6.10. The Morgan fingerprint density at radius 3 is 2.70 bits per heavy atom. The van der Waals surface area contributed by atoms with Gasteiger partial charge in [0.05, 0.1) is 26.2 Å². The van der Waals surface area contributed by atoms with Crippen LogP contribution in [0.2, 0.25) is 0 Å². The summed E-state index contributed by atoms with van der Waals surface area (Å²) >= 11 is 0. The van der Waals surface area contributed by atoms with Gasteiger partial charge in [0.2, 0.25) is 5.91 Å². The molecule has 1 atom stereocenters. The van der Waals surface area contributed by atoms with Crippen LogP contribution < -0.4 is 9.47 Å². The molecule has 0 aromatic heterocycles. The lowest BCUT2D eigenvalue weighted by Crippen LogP contribution is -2.45. The van der Waals surface area contributed by atoms with E-state index in [0.717, 1.165) is 18.4 Å². The van der Waals surface area contributed by atoms with Gasteiger partial charge in [0.15, 0.2) is 17.3 Å². The van der Waals surface area contributed by atoms with Gasteiger partial charge < -0.3 is 14.4 Å². The second-order valence-electron chi connectivity index (χ2n) is 6.10. The normalized spacial score (nSPS) is 22.9. The number of rotatable bonds is 4. The van der Waals surface area contributed by atoms with Crippen molar-refractivity contribution in [2.24, 2.45) is 0 Å². The first-order valence-corrected chi connectivity index (χ1v) is 7.81. The van der Waals surface area contributed by atoms with Gasteiger partial charge in [-0.15, -0.1) is 0 Å². The van der Waals surface area contributed by atoms with Gasteiger partial charge in [-0.05, 0) is 36.6 Å². The number of ketones is 1. The van der Waals surface area contributed by atoms with Crippen LogP contribution in [0.4, 0.5) is 0 Å². The van der Waals surface area contributed by atoms with E-state index in [4.69, 9.17) is 9.47 Å². The molecule has 122 valence electrons. The van der Waals surface area contributed by atoms with Gasteiger partial charge in [-0.2, -0.15) is 0 Å². The van der Waals surface area contributed by atoms with E-state index in [-0.39, 0.29) is 17.2 Å². The quantitative estimate of drug-likeness (QED) is 0.854. The molecule has 1 fully saturated rings. The van der Waals surface area contributed by atoms with Crippen LogP contribution in [0.5, 0.6) is 11.5 Å². The number of carbonyl (C=O) groups is 2. The van der Waals surface area contributed by atoms with Crippen molar-refractivity contribution in [2.75, 3.05) is 20.8 Å². The van der Waals surface area contributed by atoms with Crippen molar-refractivity contribution in [1.82, 2.24) is 4.90 Å². The number of carbonyl (C=O) groups excluding carboxylic acids is 2. The molecular weight excluding hydrogens is 294 g/mol. The summed E-state index contributed by atoms with van der Waals surface area (Å²) in [7, 11) is 3.16. The van der Waals surface area contributed by atoms with E-state index in [9.17, 15) is 9.59 Å². The summed E-state index contributed by atoms with van der Waals surface area (Å²) in [6.45, 7) is 0.712. The SMILES string of the molecule is COc1ccc(CC(=O)N2CCC[C@]23C=CC(=O)C3)cc1OC. The summed E-state index contributed by atoms with van der Waals surface area (Å²) in [4.78, 5) is 26.2. The number of amides is 1. The Kier molecular flexibility index (Phi) is 4.11. The summed E-state index contributed by atoms with van der Waals surface area (Å²) < 4.78 is 10.5. The predicted molar refractivity (Wildman–Crippen MR) is 85.7 cm³/mol. The van der Waals surface area contributed by atoms with Crippen molar-refractivity contribution in [3.8, 4) is 11.5 Å². The maximum atomic E-state index is 12.7. The lowest BCUT2D eigenvalue weighted by atomic mass is 9.95. The molecule has 0 bridgehead atoms. The Morgan fingerprint density at radius 1 is 1.26 bits per heavy atom. The van der Waals surface area contributed by atoms with Crippen LogP contribution in [0.15, 0.2) is 30.4 Å². The van der Waals surface area contributed by atoms with Crippen LogP contribution in [-0.2, 0) is 16.0 Å². The van der Waals surface area contributed by atoms with E-state index in [2.05, 4.69) is 0 Å². The second kappa shape index (κ2) is 6.07. The van der Waals surface area contributed by atoms with Gasteiger partial charge >= 0.3 is 0 Å². The molecule has 5 nitrogen and oxygen atoms in total. The highest BCUT2D eigenvalue weighted by molar-refractivity contribution is 5.95. The number of allylic oxidation sites excluding steroid dienone is 1. The molecule has 1 spiro atoms. The molecule has 0 saturated carbocycles. The molecule has 1 amide bonds. The molecule has 0 N–H and O–H groups in total. The van der Waals surface area contributed by atoms with Gasteiger partial charge in [-0.3, -0.25) is 9.59 Å². The molecule has 1 saturated heterocycles. The summed E-state index contributed by atoms with van der Waals surface area (Å²) in [5, 5.41) is 0. The Balaban J connectivity index is 1.77. The molecule has 5 heteroatoms. The Bertz CT molecular complexity index is 667. The minimum atomic E-state index is -0.384. The monoisotopic (exact) mass is 315 g/mol. The fourth-order valence-electron chi connectivity index (χ4n) is 3.56. The number of benzene rings is 1. The highest BCUT2D eigenvalue weighted by atomic mass is 16.5. The lowest BCUT2D eigenvalue weighted by Gasteiger charge is -2.33. The first kappa shape index (κ1) is 15.6. The number of hydrogen-bond donors (Lipinski definition) is 0. The molecule has 2 aliphatic rings. The molecule has 3 rings (SSSR count). The molecular formula is C18H21NO4. The van der Waals surface area contributed by atoms with Crippen molar-refractivity contribution in [1.29, 1.82) is 0 Å². The van der Waals surface area contributed by atoms with E-state index in [0.29, 0.717) is 30.9 Å². The van der Waals surface area contributed by atoms with Crippen LogP contribution >= 0.6 is 0 Å². The van der Waals surface area contributed by atoms with Crippen LogP contribution in [0.1, 0.15) is 24.8 Å². The molecule has 0 unspecified atom stereocenters. The van der Waals surface area contributed by atoms with Gasteiger partial charge in [0, 0.05) is 13.0 Å². The van der Waals surface area contributed by atoms with Gasteiger partial charge in [0.1, 0.15) is 0 Å². The Morgan fingerprint density at radius 2 is 2.04 bits per heavy atom. The number of nitrogens with zero attached hydrogens (tertiary/aromatic N) is 1. The summed E-state index contributed by atoms with van der Waals surface area (Å²) in [6, 6.07) is 5.51. The standard InChI is InChI=1S/C18H21NO4/c1-22-15-5-4-13(10-16(15)23-2)11-17(21)19-9-3-7-18(19)8-6-14(20)12-18/h4-6,8,10H,3,7,9,11-12H2,1-2H3/t18-/m1/s1. The lowest BCUT2D eigenvalue weighted by molar-refractivity contribution is -0.133. The fraction of sp³-hybridized carbons (Fsp3) is 0.444. The first-order valence-electron chi connectivity index (χ1n) is 7.81. The molecule has 1 aromatic rings. The predicted octanol–water partition coefficient (Wildman–Crippen LogP) is 2.14. The number of likely N-dealkylation sites (tertiary alicyclic amines) is 1. The van der Waals surface area contributed by atoms with Crippen LogP contribution in [0.3, 0.4) is 0 Å². The third kappa shape index (κ3) is 2.83. The van der Waals surface area contributed by atoms with Crippen LogP contribution in [0, 0.1) is 0 Å². The zero-order chi connectivity index (χ0) is 16.4. The number of methoxy groups -OCH3 is 2. The molecule has 1 heterocycles. The minimum absolute atomic E-state index is 0.0501. The molecule has 0 radical (unpaired) electrons. The minimum Gasteiger partial charge on any atom is -0.493 e. The summed E-state index contributed by atoms with van der Waals surface area (Å²) in [5.41, 5.74) is 0.494. The zero-order valence-corrected chi connectivity index (χ0v) is 13.5. The van der Waals surface area contributed by atoms with E-state index in [1.807, 2.05) is 23.1 Å². The maximum absolute atomic E-state index is 12.7. The maximum Gasteiger partial charge on any atom is 0.227 e. The third-order valence-corrected chi connectivity index (χ3v) is 4.69. The smallest absolute Gasteiger partial charge is 0.227 e. The highest BCUT2D eigenvalue weighted by Gasteiger charge is 2.45. The van der Waals surface area contributed by atoms with Gasteiger partial charge in [-0.25, -0.2) is 0 Å². The number of hydrogen-bond acceptors (Lipinski definition) is 4. The van der Waals surface area contributed by atoms with E-state index >= 15 is 0 Å². The highest BCUT2D eigenvalue weighted by Crippen LogP contribution is 2.38. The number of ether oxygens (including phenoxy) is 2. The summed E-state index contributed by atoms with van der Waals surface area (Å²) in [5.74, 6) is 1.42. The average molecular weight is 315 g/mol. The van der Waals surface area contributed by atoms with Crippen molar-refractivity contribution in [3.05, 3.63) is 35.9 Å². The van der Waals surface area contributed by atoms with E-state index in [1.54, 1.807) is 26.4 Å². The summed E-state index contributed by atoms with van der Waals surface area (Å²) in [6.07, 6.45) is 6.05. The topological polar surface area (TPSA) is 55.8 Å². The molecule has 1 aromatic carbocycles. The molecule has 1 aliphatic carbocycles. The average Bonchev–Trinajstić information content (AvgIpc) is 3.13. The Hall–Kier alpha value is -2.30. The van der Waals surface area contributed by atoms with Crippen molar-refractivity contribution < 1.29 is 19.1 Å². The zero-order valence-electron chi connectivity index (χ0n) is 13.5. The largest absolute Gasteiger partial charge is 0.493 e. The first-order chi connectivity index (χ1) is 11.1. The van der Waals surface area contributed by atoms with Crippen LogP contribution in [0.25, 0.3) is 0 Å². The molecule has 23 heavy (non-hydrogen) atoms. The van der Waals surface area contributed by atoms with Crippen LogP contribution in [-0.4, -0.2) is 42.9 Å². The Labute approximate surface area is 135 Å². The van der Waals surface area contributed by atoms with Gasteiger partial charge in [0.25, 0.3) is 0 Å². The van der Waals surface area contributed by atoms with Crippen molar-refractivity contribution in [3.63, 3.8) is 0 Å². The van der Waals surface area contributed by atoms with Gasteiger partial charge in [-0.1, -0.05) is 12.1 Å². The van der Waals surface area contributed by atoms with Crippen molar-refractivity contribution in [2.45, 2.75) is 31.2 Å². The third-order valence-electron chi connectivity index (χ3n) is 4.69. The molecule has 1 aliphatic heterocycles. The van der Waals surface area contributed by atoms with E-state index in [1.165, 1.54) is 0 Å². The fourth-order valence-corrected chi connectivity index (χ4v) is 3.56.